The lowest BCUT2D eigenvalue weighted by Crippen LogP contribution is -2.44. The number of alkyl halides is 2. The zero-order valence-corrected chi connectivity index (χ0v) is 14.2. The van der Waals surface area contributed by atoms with E-state index in [1.54, 1.807) is 25.3 Å². The minimum absolute atomic E-state index is 0.0619. The summed E-state index contributed by atoms with van der Waals surface area (Å²) in [6, 6.07) is 6.33. The number of benzene rings is 1. The number of ether oxygens (including phenoxy) is 2. The van der Waals surface area contributed by atoms with Crippen molar-refractivity contribution in [2.45, 2.75) is 19.6 Å². The first-order valence-corrected chi connectivity index (χ1v) is 8.20. The summed E-state index contributed by atoms with van der Waals surface area (Å²) in [5.74, 6) is -0.294. The number of phenolic OH excluding ortho intramolecular Hbond substituents is 1. The van der Waals surface area contributed by atoms with Crippen LogP contribution in [0.1, 0.15) is 5.56 Å². The third-order valence-electron chi connectivity index (χ3n) is 4.15. The smallest absolute Gasteiger partial charge is 0.387 e. The summed E-state index contributed by atoms with van der Waals surface area (Å²) in [7, 11) is 0. The molecule has 1 aromatic carbocycles. The molecule has 0 radical (unpaired) electrons. The largest absolute Gasteiger partial charge is 0.507 e. The Hall–Kier alpha value is -2.45. The lowest BCUT2D eigenvalue weighted by molar-refractivity contribution is -0.0495. The van der Waals surface area contributed by atoms with Gasteiger partial charge in [-0.25, -0.2) is 0 Å². The van der Waals surface area contributed by atoms with Gasteiger partial charge in [-0.15, -0.1) is 0 Å². The standard InChI is InChI=1S/C18H20F2N2O4/c1-11-6-15(24)17(16(7-11)26-18(19)20)14-3-2-12(8-21-14)22-4-5-25-13(9-22)10-23/h2-3,6-8,13,18,23-24H,4-5,9-10H2,1H3/t13-/m0/s1. The van der Waals surface area contributed by atoms with Gasteiger partial charge in [-0.3, -0.25) is 4.98 Å². The first-order chi connectivity index (χ1) is 12.5. The summed E-state index contributed by atoms with van der Waals surface area (Å²) in [5, 5.41) is 19.4. The lowest BCUT2D eigenvalue weighted by Gasteiger charge is -2.33. The Balaban J connectivity index is 1.89. The van der Waals surface area contributed by atoms with Crippen molar-refractivity contribution in [2.24, 2.45) is 0 Å². The molecule has 2 aromatic rings. The third-order valence-corrected chi connectivity index (χ3v) is 4.15. The van der Waals surface area contributed by atoms with Crippen LogP contribution in [-0.4, -0.2) is 54.2 Å². The van der Waals surface area contributed by atoms with Gasteiger partial charge in [-0.1, -0.05) is 0 Å². The molecule has 1 aliphatic heterocycles. The number of halogens is 2. The molecule has 2 heterocycles. The molecule has 0 spiro atoms. The fraction of sp³-hybridized carbons (Fsp3) is 0.389. The van der Waals surface area contributed by atoms with Gasteiger partial charge in [-0.05, 0) is 36.8 Å². The van der Waals surface area contributed by atoms with Crippen LogP contribution in [0.3, 0.4) is 0 Å². The number of pyridine rings is 1. The fourth-order valence-electron chi connectivity index (χ4n) is 2.97. The minimum atomic E-state index is -3.00. The molecule has 26 heavy (non-hydrogen) atoms. The maximum Gasteiger partial charge on any atom is 0.387 e. The molecule has 6 nitrogen and oxygen atoms in total. The maximum absolute atomic E-state index is 12.7. The van der Waals surface area contributed by atoms with Crippen molar-refractivity contribution in [3.05, 3.63) is 36.0 Å². The minimum Gasteiger partial charge on any atom is -0.507 e. The number of hydrogen-bond acceptors (Lipinski definition) is 6. The van der Waals surface area contributed by atoms with E-state index in [4.69, 9.17) is 4.74 Å². The van der Waals surface area contributed by atoms with Gasteiger partial charge in [0, 0.05) is 13.1 Å². The number of nitrogens with zero attached hydrogens (tertiary/aromatic N) is 2. The zero-order chi connectivity index (χ0) is 18.7. The summed E-state index contributed by atoms with van der Waals surface area (Å²) in [6.45, 7) is 0.304. The Morgan fingerprint density at radius 3 is 2.85 bits per heavy atom. The van der Waals surface area contributed by atoms with Gasteiger partial charge in [0.15, 0.2) is 0 Å². The average molecular weight is 366 g/mol. The quantitative estimate of drug-likeness (QED) is 0.847. The second-order valence-corrected chi connectivity index (χ2v) is 6.06. The number of aryl methyl sites for hydroxylation is 1. The molecule has 0 saturated carbocycles. The summed E-state index contributed by atoms with van der Waals surface area (Å²) in [4.78, 5) is 6.32. The Bertz CT molecular complexity index is 756. The number of hydrogen-bond donors (Lipinski definition) is 2. The first kappa shape index (κ1) is 18.3. The van der Waals surface area contributed by atoms with Crippen LogP contribution in [0.2, 0.25) is 0 Å². The van der Waals surface area contributed by atoms with Gasteiger partial charge in [0.05, 0.1) is 42.5 Å². The Labute approximate surface area is 149 Å². The van der Waals surface area contributed by atoms with E-state index >= 15 is 0 Å². The molecule has 0 bridgehead atoms. The van der Waals surface area contributed by atoms with Crippen LogP contribution in [0, 0.1) is 6.92 Å². The van der Waals surface area contributed by atoms with Gasteiger partial charge in [-0.2, -0.15) is 8.78 Å². The lowest BCUT2D eigenvalue weighted by atomic mass is 10.1. The molecule has 1 atom stereocenters. The molecule has 0 unspecified atom stereocenters. The topological polar surface area (TPSA) is 75.1 Å². The molecule has 3 rings (SSSR count). The number of aliphatic hydroxyl groups is 1. The van der Waals surface area contributed by atoms with Crippen LogP contribution < -0.4 is 9.64 Å². The number of aromatic hydroxyl groups is 1. The van der Waals surface area contributed by atoms with Crippen LogP contribution in [-0.2, 0) is 4.74 Å². The highest BCUT2D eigenvalue weighted by Crippen LogP contribution is 2.39. The third kappa shape index (κ3) is 4.03. The molecule has 140 valence electrons. The summed E-state index contributed by atoms with van der Waals surface area (Å²) < 4.78 is 35.4. The number of aliphatic hydroxyl groups excluding tert-OH is 1. The molecular weight excluding hydrogens is 346 g/mol. The zero-order valence-electron chi connectivity index (χ0n) is 14.2. The van der Waals surface area contributed by atoms with Crippen LogP contribution in [0.5, 0.6) is 11.5 Å². The van der Waals surface area contributed by atoms with E-state index < -0.39 is 6.61 Å². The van der Waals surface area contributed by atoms with E-state index in [1.165, 1.54) is 12.1 Å². The van der Waals surface area contributed by atoms with Crippen LogP contribution in [0.4, 0.5) is 14.5 Å². The molecule has 1 saturated heterocycles. The number of anilines is 1. The van der Waals surface area contributed by atoms with Crippen molar-refractivity contribution in [1.82, 2.24) is 4.98 Å². The molecule has 2 N–H and O–H groups in total. The van der Waals surface area contributed by atoms with Gasteiger partial charge in [0.2, 0.25) is 0 Å². The number of morpholine rings is 1. The Morgan fingerprint density at radius 2 is 2.19 bits per heavy atom. The van der Waals surface area contributed by atoms with E-state index in [0.29, 0.717) is 31.0 Å². The summed E-state index contributed by atoms with van der Waals surface area (Å²) in [6.07, 6.45) is 1.34. The predicted molar refractivity (Wildman–Crippen MR) is 91.7 cm³/mol. The van der Waals surface area contributed by atoms with E-state index in [2.05, 4.69) is 9.72 Å². The summed E-state index contributed by atoms with van der Waals surface area (Å²) in [5.41, 5.74) is 1.87. The van der Waals surface area contributed by atoms with E-state index in [0.717, 1.165) is 5.69 Å². The second kappa shape index (κ2) is 7.84. The highest BCUT2D eigenvalue weighted by molar-refractivity contribution is 5.75. The molecule has 1 aliphatic rings. The molecule has 8 heteroatoms. The Morgan fingerprint density at radius 1 is 1.38 bits per heavy atom. The van der Waals surface area contributed by atoms with E-state index in [-0.39, 0.29) is 29.8 Å². The van der Waals surface area contributed by atoms with Crippen LogP contribution >= 0.6 is 0 Å². The van der Waals surface area contributed by atoms with E-state index in [1.807, 2.05) is 4.90 Å². The normalized spacial score (nSPS) is 17.6. The van der Waals surface area contributed by atoms with E-state index in [9.17, 15) is 19.0 Å². The number of phenols is 1. The second-order valence-electron chi connectivity index (χ2n) is 6.06. The van der Waals surface area contributed by atoms with Crippen LogP contribution in [0.15, 0.2) is 30.5 Å². The predicted octanol–water partition coefficient (Wildman–Crippen LogP) is 2.56. The van der Waals surface area contributed by atoms with Crippen molar-refractivity contribution in [1.29, 1.82) is 0 Å². The van der Waals surface area contributed by atoms with Gasteiger partial charge in [0.25, 0.3) is 0 Å². The molecular formula is C18H20F2N2O4. The van der Waals surface area contributed by atoms with Crippen molar-refractivity contribution in [2.75, 3.05) is 31.2 Å². The Kier molecular flexibility index (Phi) is 5.53. The van der Waals surface area contributed by atoms with Crippen molar-refractivity contribution >= 4 is 5.69 Å². The molecule has 1 fully saturated rings. The van der Waals surface area contributed by atoms with Crippen molar-refractivity contribution in [3.8, 4) is 22.8 Å². The maximum atomic E-state index is 12.7. The highest BCUT2D eigenvalue weighted by atomic mass is 19.3. The highest BCUT2D eigenvalue weighted by Gasteiger charge is 2.21. The monoisotopic (exact) mass is 366 g/mol. The molecule has 0 amide bonds. The van der Waals surface area contributed by atoms with Gasteiger partial charge >= 0.3 is 6.61 Å². The SMILES string of the molecule is Cc1cc(O)c(-c2ccc(N3CCO[C@H](CO)C3)cn2)c(OC(F)F)c1. The van der Waals surface area contributed by atoms with Gasteiger partial charge in [0.1, 0.15) is 11.5 Å². The van der Waals surface area contributed by atoms with Crippen LogP contribution in [0.25, 0.3) is 11.3 Å². The molecule has 0 aliphatic carbocycles. The number of rotatable bonds is 5. The fourth-order valence-corrected chi connectivity index (χ4v) is 2.97. The molecule has 1 aromatic heterocycles. The van der Waals surface area contributed by atoms with Gasteiger partial charge < -0.3 is 24.6 Å². The summed E-state index contributed by atoms with van der Waals surface area (Å²) >= 11 is 0. The first-order valence-electron chi connectivity index (χ1n) is 8.20. The van der Waals surface area contributed by atoms with Crippen molar-refractivity contribution in [3.63, 3.8) is 0 Å². The number of aromatic nitrogens is 1. The average Bonchev–Trinajstić information content (AvgIpc) is 2.61. The van der Waals surface area contributed by atoms with Crippen molar-refractivity contribution < 1.29 is 28.5 Å².